The summed E-state index contributed by atoms with van der Waals surface area (Å²) in [6.07, 6.45) is 3.69. The van der Waals surface area contributed by atoms with Crippen molar-refractivity contribution in [3.63, 3.8) is 0 Å². The van der Waals surface area contributed by atoms with Gasteiger partial charge in [-0.1, -0.05) is 23.5 Å². The first-order valence-corrected chi connectivity index (χ1v) is 6.89. The molecule has 0 saturated heterocycles. The number of anilines is 1. The Morgan fingerprint density at radius 1 is 1.25 bits per heavy atom. The van der Waals surface area contributed by atoms with Crippen molar-refractivity contribution in [1.29, 1.82) is 0 Å². The molecule has 1 aliphatic rings. The number of aryl methyl sites for hydroxylation is 2. The average molecular weight is 295 g/mol. The van der Waals surface area contributed by atoms with Crippen LogP contribution in [0.1, 0.15) is 17.5 Å². The Labute approximate surface area is 107 Å². The molecular formula is C12H11BrN2S. The van der Waals surface area contributed by atoms with E-state index in [1.165, 1.54) is 47.3 Å². The van der Waals surface area contributed by atoms with Crippen LogP contribution >= 0.6 is 27.3 Å². The first-order valence-electron chi connectivity index (χ1n) is 5.28. The Morgan fingerprint density at radius 3 is 2.81 bits per heavy atom. The summed E-state index contributed by atoms with van der Waals surface area (Å²) in [5, 5.41) is 0.613. The second-order valence-electron chi connectivity index (χ2n) is 4.01. The van der Waals surface area contributed by atoms with Gasteiger partial charge in [0.2, 0.25) is 0 Å². The minimum Gasteiger partial charge on any atom is -0.375 e. The lowest BCUT2D eigenvalue weighted by Gasteiger charge is -2.02. The topological polar surface area (TPSA) is 38.9 Å². The molecule has 2 aromatic rings. The van der Waals surface area contributed by atoms with Gasteiger partial charge in [-0.2, -0.15) is 0 Å². The highest BCUT2D eigenvalue weighted by Gasteiger charge is 2.14. The van der Waals surface area contributed by atoms with Crippen molar-refractivity contribution in [2.45, 2.75) is 19.3 Å². The number of halogens is 1. The number of rotatable bonds is 1. The number of thiazole rings is 1. The quantitative estimate of drug-likeness (QED) is 0.872. The van der Waals surface area contributed by atoms with Gasteiger partial charge in [-0.05, 0) is 52.4 Å². The molecule has 4 heteroatoms. The van der Waals surface area contributed by atoms with Crippen LogP contribution < -0.4 is 5.73 Å². The van der Waals surface area contributed by atoms with E-state index < -0.39 is 0 Å². The highest BCUT2D eigenvalue weighted by Crippen LogP contribution is 2.36. The maximum Gasteiger partial charge on any atom is 0.181 e. The maximum absolute atomic E-state index is 5.71. The highest BCUT2D eigenvalue weighted by molar-refractivity contribution is 9.11. The molecule has 1 aliphatic carbocycles. The van der Waals surface area contributed by atoms with Crippen LogP contribution in [0.3, 0.4) is 0 Å². The average Bonchev–Trinajstić information content (AvgIpc) is 2.83. The minimum atomic E-state index is 0.613. The third-order valence-electron chi connectivity index (χ3n) is 2.97. The molecule has 1 aromatic heterocycles. The smallest absolute Gasteiger partial charge is 0.181 e. The van der Waals surface area contributed by atoms with E-state index in [0.29, 0.717) is 5.13 Å². The van der Waals surface area contributed by atoms with E-state index in [-0.39, 0.29) is 0 Å². The molecule has 1 aromatic carbocycles. The lowest BCUT2D eigenvalue weighted by Crippen LogP contribution is -1.86. The summed E-state index contributed by atoms with van der Waals surface area (Å²) in [5.74, 6) is 0. The summed E-state index contributed by atoms with van der Waals surface area (Å²) < 4.78 is 1.02. The Bertz CT molecular complexity index is 548. The van der Waals surface area contributed by atoms with Crippen LogP contribution in [0.15, 0.2) is 22.0 Å². The molecule has 2 nitrogen and oxygen atoms in total. The highest BCUT2D eigenvalue weighted by atomic mass is 79.9. The molecule has 0 amide bonds. The van der Waals surface area contributed by atoms with Gasteiger partial charge in [0.15, 0.2) is 5.13 Å². The third-order valence-corrected chi connectivity index (χ3v) is 4.51. The SMILES string of the molecule is Nc1nc(-c2ccc3c(c2)CCC3)c(Br)s1. The fourth-order valence-corrected chi connectivity index (χ4v) is 3.61. The predicted molar refractivity (Wildman–Crippen MR) is 71.7 cm³/mol. The maximum atomic E-state index is 5.71. The molecule has 0 unspecified atom stereocenters. The molecule has 0 bridgehead atoms. The normalized spacial score (nSPS) is 14.1. The number of nitrogens with two attached hydrogens (primary N) is 1. The molecule has 0 radical (unpaired) electrons. The van der Waals surface area contributed by atoms with Gasteiger partial charge in [0.1, 0.15) is 0 Å². The number of nitrogen functional groups attached to an aromatic ring is 1. The number of aromatic nitrogens is 1. The van der Waals surface area contributed by atoms with Gasteiger partial charge in [0.05, 0.1) is 9.48 Å². The van der Waals surface area contributed by atoms with Crippen LogP contribution in [0.5, 0.6) is 0 Å². The van der Waals surface area contributed by atoms with Crippen molar-refractivity contribution in [2.24, 2.45) is 0 Å². The van der Waals surface area contributed by atoms with Gasteiger partial charge in [0, 0.05) is 5.56 Å². The lowest BCUT2D eigenvalue weighted by molar-refractivity contribution is 0.912. The van der Waals surface area contributed by atoms with Crippen molar-refractivity contribution in [3.05, 3.63) is 33.1 Å². The molecule has 0 fully saturated rings. The fraction of sp³-hybridized carbons (Fsp3) is 0.250. The van der Waals surface area contributed by atoms with E-state index in [1.807, 2.05) is 0 Å². The van der Waals surface area contributed by atoms with Crippen LogP contribution in [0.2, 0.25) is 0 Å². The van der Waals surface area contributed by atoms with Gasteiger partial charge >= 0.3 is 0 Å². The Kier molecular flexibility index (Phi) is 2.48. The zero-order valence-electron chi connectivity index (χ0n) is 8.66. The minimum absolute atomic E-state index is 0.613. The molecule has 2 N–H and O–H groups in total. The van der Waals surface area contributed by atoms with Crippen LogP contribution in [-0.4, -0.2) is 4.98 Å². The van der Waals surface area contributed by atoms with Crippen molar-refractivity contribution in [3.8, 4) is 11.3 Å². The molecule has 0 atom stereocenters. The van der Waals surface area contributed by atoms with Gasteiger partial charge in [-0.25, -0.2) is 4.98 Å². The summed E-state index contributed by atoms with van der Waals surface area (Å²) in [7, 11) is 0. The fourth-order valence-electron chi connectivity index (χ4n) is 2.21. The van der Waals surface area contributed by atoms with Gasteiger partial charge < -0.3 is 5.73 Å². The molecule has 0 spiro atoms. The van der Waals surface area contributed by atoms with Gasteiger partial charge in [-0.15, -0.1) is 0 Å². The van der Waals surface area contributed by atoms with Gasteiger partial charge in [-0.3, -0.25) is 0 Å². The number of nitrogens with zero attached hydrogens (tertiary/aromatic N) is 1. The predicted octanol–water partition coefficient (Wildman–Crippen LogP) is 3.64. The number of benzene rings is 1. The van der Waals surface area contributed by atoms with E-state index in [0.717, 1.165) is 9.48 Å². The van der Waals surface area contributed by atoms with Crippen molar-refractivity contribution in [2.75, 3.05) is 5.73 Å². The third kappa shape index (κ3) is 1.66. The van der Waals surface area contributed by atoms with Crippen LogP contribution in [0.4, 0.5) is 5.13 Å². The number of hydrogen-bond donors (Lipinski definition) is 1. The zero-order valence-corrected chi connectivity index (χ0v) is 11.1. The number of hydrogen-bond acceptors (Lipinski definition) is 3. The van der Waals surface area contributed by atoms with E-state index in [9.17, 15) is 0 Å². The monoisotopic (exact) mass is 294 g/mol. The first kappa shape index (κ1) is 10.3. The largest absolute Gasteiger partial charge is 0.375 e. The summed E-state index contributed by atoms with van der Waals surface area (Å²) in [5.41, 5.74) is 10.8. The van der Waals surface area contributed by atoms with Crippen molar-refractivity contribution >= 4 is 32.4 Å². The van der Waals surface area contributed by atoms with E-state index in [2.05, 4.69) is 39.1 Å². The van der Waals surface area contributed by atoms with Crippen molar-refractivity contribution < 1.29 is 0 Å². The standard InChI is InChI=1S/C12H11BrN2S/c13-11-10(15-12(14)16-11)9-5-4-7-2-1-3-8(7)6-9/h4-6H,1-3H2,(H2,14,15). The van der Waals surface area contributed by atoms with Gasteiger partial charge in [0.25, 0.3) is 0 Å². The summed E-state index contributed by atoms with van der Waals surface area (Å²) in [6, 6.07) is 6.62. The molecule has 3 rings (SSSR count). The Hall–Kier alpha value is -0.870. The van der Waals surface area contributed by atoms with Crippen LogP contribution in [0, 0.1) is 0 Å². The van der Waals surface area contributed by atoms with E-state index in [1.54, 1.807) is 0 Å². The molecule has 1 heterocycles. The summed E-state index contributed by atoms with van der Waals surface area (Å²) in [6.45, 7) is 0. The lowest BCUT2D eigenvalue weighted by atomic mass is 10.1. The van der Waals surface area contributed by atoms with Crippen molar-refractivity contribution in [1.82, 2.24) is 4.98 Å². The molecule has 16 heavy (non-hydrogen) atoms. The molecule has 0 saturated carbocycles. The Morgan fingerprint density at radius 2 is 2.06 bits per heavy atom. The molecular weight excluding hydrogens is 284 g/mol. The number of fused-ring (bicyclic) bond motifs is 1. The van der Waals surface area contributed by atoms with Crippen LogP contribution in [0.25, 0.3) is 11.3 Å². The Balaban J connectivity index is 2.10. The molecule has 0 aliphatic heterocycles. The summed E-state index contributed by atoms with van der Waals surface area (Å²) >= 11 is 4.99. The second-order valence-corrected chi connectivity index (χ2v) is 6.36. The van der Waals surface area contributed by atoms with E-state index in [4.69, 9.17) is 5.73 Å². The van der Waals surface area contributed by atoms with Crippen LogP contribution in [-0.2, 0) is 12.8 Å². The molecule has 82 valence electrons. The summed E-state index contributed by atoms with van der Waals surface area (Å²) in [4.78, 5) is 4.36. The first-order chi connectivity index (χ1) is 7.74. The second kappa shape index (κ2) is 3.86. The zero-order chi connectivity index (χ0) is 11.1. The van der Waals surface area contributed by atoms with E-state index >= 15 is 0 Å².